The van der Waals surface area contributed by atoms with Crippen molar-refractivity contribution in [3.8, 4) is 0 Å². The van der Waals surface area contributed by atoms with Crippen LogP contribution < -0.4 is 10.6 Å². The van der Waals surface area contributed by atoms with Gasteiger partial charge in [-0.05, 0) is 31.0 Å². The summed E-state index contributed by atoms with van der Waals surface area (Å²) in [4.78, 5) is 12.2. The summed E-state index contributed by atoms with van der Waals surface area (Å²) < 4.78 is 13.3. The van der Waals surface area contributed by atoms with Crippen LogP contribution in [0.25, 0.3) is 0 Å². The van der Waals surface area contributed by atoms with E-state index in [2.05, 4.69) is 10.6 Å². The second-order valence-electron chi connectivity index (χ2n) is 5.10. The number of amides is 1. The smallest absolute Gasteiger partial charge is 0.253 e. The fourth-order valence-electron chi connectivity index (χ4n) is 2.61. The minimum Gasteiger partial charge on any atom is -0.387 e. The van der Waals surface area contributed by atoms with Gasteiger partial charge in [0.15, 0.2) is 0 Å². The Labute approximate surface area is 113 Å². The van der Waals surface area contributed by atoms with Crippen molar-refractivity contribution >= 4 is 11.6 Å². The van der Waals surface area contributed by atoms with Crippen LogP contribution >= 0.6 is 0 Å². The van der Waals surface area contributed by atoms with Crippen LogP contribution in [0.2, 0.25) is 0 Å². The molecule has 1 aliphatic carbocycles. The Morgan fingerprint density at radius 3 is 2.53 bits per heavy atom. The quantitative estimate of drug-likeness (QED) is 0.822. The molecule has 0 bridgehead atoms. The first-order chi connectivity index (χ1) is 9.20. The van der Waals surface area contributed by atoms with Crippen LogP contribution in [0.3, 0.4) is 0 Å². The molecule has 2 N–H and O–H groups in total. The zero-order valence-corrected chi connectivity index (χ0v) is 11.3. The maximum atomic E-state index is 13.3. The summed E-state index contributed by atoms with van der Waals surface area (Å²) >= 11 is 0. The molecule has 1 fully saturated rings. The van der Waals surface area contributed by atoms with Crippen LogP contribution in [0.1, 0.15) is 48.9 Å². The van der Waals surface area contributed by atoms with Crippen LogP contribution in [-0.2, 0) is 0 Å². The maximum absolute atomic E-state index is 13.3. The van der Waals surface area contributed by atoms with Gasteiger partial charge in [-0.2, -0.15) is 0 Å². The van der Waals surface area contributed by atoms with Gasteiger partial charge in [0.05, 0.1) is 5.56 Å². The van der Waals surface area contributed by atoms with Gasteiger partial charge in [-0.25, -0.2) is 4.39 Å². The molecular formula is C15H21FN2O. The van der Waals surface area contributed by atoms with Gasteiger partial charge in [0.2, 0.25) is 0 Å². The lowest BCUT2D eigenvalue weighted by molar-refractivity contribution is 0.0933. The molecule has 1 aromatic carbocycles. The Kier molecular flexibility index (Phi) is 4.77. The number of carbonyl (C=O) groups is 1. The third-order valence-corrected chi connectivity index (χ3v) is 3.69. The summed E-state index contributed by atoms with van der Waals surface area (Å²) in [6.45, 7) is 0. The highest BCUT2D eigenvalue weighted by Crippen LogP contribution is 2.20. The third-order valence-electron chi connectivity index (χ3n) is 3.69. The first-order valence-corrected chi connectivity index (χ1v) is 6.99. The average molecular weight is 264 g/mol. The Bertz CT molecular complexity index is 440. The molecule has 0 unspecified atom stereocenters. The molecule has 0 spiro atoms. The van der Waals surface area contributed by atoms with E-state index < -0.39 is 0 Å². The molecule has 1 saturated carbocycles. The zero-order valence-electron chi connectivity index (χ0n) is 11.3. The predicted octanol–water partition coefficient (Wildman–Crippen LogP) is 3.32. The molecule has 104 valence electrons. The van der Waals surface area contributed by atoms with E-state index in [4.69, 9.17) is 0 Å². The van der Waals surface area contributed by atoms with E-state index in [-0.39, 0.29) is 17.8 Å². The fourth-order valence-corrected chi connectivity index (χ4v) is 2.61. The minimum absolute atomic E-state index is 0.184. The lowest BCUT2D eigenvalue weighted by Crippen LogP contribution is -2.34. The molecule has 3 nitrogen and oxygen atoms in total. The van der Waals surface area contributed by atoms with E-state index in [9.17, 15) is 9.18 Å². The third kappa shape index (κ3) is 3.69. The molecule has 19 heavy (non-hydrogen) atoms. The Balaban J connectivity index is 2.08. The molecule has 0 heterocycles. The Morgan fingerprint density at radius 2 is 1.89 bits per heavy atom. The summed E-state index contributed by atoms with van der Waals surface area (Å²) in [5, 5.41) is 5.96. The van der Waals surface area contributed by atoms with Crippen LogP contribution in [0, 0.1) is 5.82 Å². The highest BCUT2D eigenvalue weighted by Gasteiger charge is 2.18. The molecule has 1 aromatic rings. The number of benzene rings is 1. The van der Waals surface area contributed by atoms with Gasteiger partial charge in [-0.15, -0.1) is 0 Å². The topological polar surface area (TPSA) is 41.1 Å². The van der Waals surface area contributed by atoms with Crippen molar-refractivity contribution in [1.29, 1.82) is 0 Å². The van der Waals surface area contributed by atoms with E-state index >= 15 is 0 Å². The van der Waals surface area contributed by atoms with E-state index in [1.54, 1.807) is 13.1 Å². The molecule has 1 aliphatic rings. The van der Waals surface area contributed by atoms with Crippen molar-refractivity contribution in [3.63, 3.8) is 0 Å². The van der Waals surface area contributed by atoms with Gasteiger partial charge >= 0.3 is 0 Å². The maximum Gasteiger partial charge on any atom is 0.253 e. The second kappa shape index (κ2) is 6.55. The van der Waals surface area contributed by atoms with Crippen LogP contribution in [0.4, 0.5) is 10.1 Å². The van der Waals surface area contributed by atoms with Gasteiger partial charge in [-0.1, -0.05) is 25.7 Å². The van der Waals surface area contributed by atoms with Crippen LogP contribution in [0.5, 0.6) is 0 Å². The minimum atomic E-state index is -0.384. The van der Waals surface area contributed by atoms with Crippen molar-refractivity contribution in [1.82, 2.24) is 5.32 Å². The number of hydrogen-bond donors (Lipinski definition) is 2. The largest absolute Gasteiger partial charge is 0.387 e. The zero-order chi connectivity index (χ0) is 13.7. The molecule has 2 rings (SSSR count). The highest BCUT2D eigenvalue weighted by molar-refractivity contribution is 5.99. The summed E-state index contributed by atoms with van der Waals surface area (Å²) in [5.74, 6) is -0.569. The normalized spacial score (nSPS) is 16.7. The average Bonchev–Trinajstić information content (AvgIpc) is 2.67. The number of hydrogen-bond acceptors (Lipinski definition) is 2. The van der Waals surface area contributed by atoms with Gasteiger partial charge in [0.1, 0.15) is 5.82 Å². The van der Waals surface area contributed by atoms with Crippen LogP contribution in [-0.4, -0.2) is 19.0 Å². The summed E-state index contributed by atoms with van der Waals surface area (Å²) in [6.07, 6.45) is 6.86. The SMILES string of the molecule is CNc1ccc(F)cc1C(=O)NC1CCCCCC1. The lowest BCUT2D eigenvalue weighted by atomic mass is 10.1. The molecule has 0 aromatic heterocycles. The van der Waals surface area contributed by atoms with Crippen molar-refractivity contribution in [2.75, 3.05) is 12.4 Å². The monoisotopic (exact) mass is 264 g/mol. The Hall–Kier alpha value is -1.58. The van der Waals surface area contributed by atoms with Gasteiger partial charge < -0.3 is 10.6 Å². The van der Waals surface area contributed by atoms with Crippen molar-refractivity contribution < 1.29 is 9.18 Å². The number of nitrogens with one attached hydrogen (secondary N) is 2. The van der Waals surface area contributed by atoms with Gasteiger partial charge in [0, 0.05) is 18.8 Å². The van der Waals surface area contributed by atoms with E-state index in [1.807, 2.05) is 0 Å². The Morgan fingerprint density at radius 1 is 1.21 bits per heavy atom. The van der Waals surface area contributed by atoms with Crippen molar-refractivity contribution in [3.05, 3.63) is 29.6 Å². The van der Waals surface area contributed by atoms with Gasteiger partial charge in [0.25, 0.3) is 5.91 Å². The first-order valence-electron chi connectivity index (χ1n) is 6.99. The van der Waals surface area contributed by atoms with E-state index in [0.29, 0.717) is 11.3 Å². The van der Waals surface area contributed by atoms with Crippen LogP contribution in [0.15, 0.2) is 18.2 Å². The summed E-state index contributed by atoms with van der Waals surface area (Å²) in [6, 6.07) is 4.46. The number of anilines is 1. The molecule has 4 heteroatoms. The number of rotatable bonds is 3. The first kappa shape index (κ1) is 13.8. The summed E-state index contributed by atoms with van der Waals surface area (Å²) in [7, 11) is 1.73. The van der Waals surface area contributed by atoms with Crippen molar-refractivity contribution in [2.24, 2.45) is 0 Å². The van der Waals surface area contributed by atoms with Crippen molar-refractivity contribution in [2.45, 2.75) is 44.6 Å². The molecule has 0 radical (unpaired) electrons. The number of carbonyl (C=O) groups excluding carboxylic acids is 1. The highest BCUT2D eigenvalue weighted by atomic mass is 19.1. The number of halogens is 1. The van der Waals surface area contributed by atoms with E-state index in [1.165, 1.54) is 25.0 Å². The standard InChI is InChI=1S/C15H21FN2O/c1-17-14-9-8-11(16)10-13(14)15(19)18-12-6-4-2-3-5-7-12/h8-10,12,17H,2-7H2,1H3,(H,18,19). The lowest BCUT2D eigenvalue weighted by Gasteiger charge is -2.17. The molecule has 1 amide bonds. The molecule has 0 saturated heterocycles. The van der Waals surface area contributed by atoms with E-state index in [0.717, 1.165) is 25.7 Å². The fraction of sp³-hybridized carbons (Fsp3) is 0.533. The molecule has 0 aliphatic heterocycles. The molecule has 0 atom stereocenters. The van der Waals surface area contributed by atoms with Gasteiger partial charge in [-0.3, -0.25) is 4.79 Å². The second-order valence-corrected chi connectivity index (χ2v) is 5.10. The predicted molar refractivity (Wildman–Crippen MR) is 74.9 cm³/mol. The molecular weight excluding hydrogens is 243 g/mol. The summed E-state index contributed by atoms with van der Waals surface area (Å²) in [5.41, 5.74) is 1.04.